The summed E-state index contributed by atoms with van der Waals surface area (Å²) >= 11 is 7.11. The summed E-state index contributed by atoms with van der Waals surface area (Å²) < 4.78 is 5.20. The van der Waals surface area contributed by atoms with E-state index in [9.17, 15) is 9.59 Å². The first-order valence-corrected chi connectivity index (χ1v) is 9.45. The molecule has 1 aromatic heterocycles. The van der Waals surface area contributed by atoms with Gasteiger partial charge in [0.1, 0.15) is 11.4 Å². The highest BCUT2D eigenvalue weighted by molar-refractivity contribution is 7.14. The normalized spacial score (nSPS) is 10.2. The molecule has 0 saturated heterocycles. The molecule has 0 saturated carbocycles. The Morgan fingerprint density at radius 2 is 1.93 bits per heavy atom. The second-order valence-corrected chi connectivity index (χ2v) is 7.08. The average molecular weight is 417 g/mol. The first-order valence-electron chi connectivity index (χ1n) is 8.19. The lowest BCUT2D eigenvalue weighted by Gasteiger charge is -2.09. The SMILES string of the molecule is COc1ccc(Cl)cc1NC(=O)c1csc(NC(=O)Nc2cccc(C)c2)n1. The van der Waals surface area contributed by atoms with Crippen molar-refractivity contribution in [2.75, 3.05) is 23.1 Å². The van der Waals surface area contributed by atoms with Crippen LogP contribution in [0.25, 0.3) is 0 Å². The summed E-state index contributed by atoms with van der Waals surface area (Å²) in [6, 6.07) is 11.9. The Labute approximate surface area is 170 Å². The summed E-state index contributed by atoms with van der Waals surface area (Å²) in [5.41, 5.74) is 2.29. The first kappa shape index (κ1) is 19.7. The van der Waals surface area contributed by atoms with Crippen LogP contribution in [-0.2, 0) is 0 Å². The molecule has 9 heteroatoms. The van der Waals surface area contributed by atoms with Crippen LogP contribution >= 0.6 is 22.9 Å². The number of anilines is 3. The Hall–Kier alpha value is -3.10. The van der Waals surface area contributed by atoms with Crippen LogP contribution in [0.3, 0.4) is 0 Å². The molecular formula is C19H17ClN4O3S. The molecule has 0 unspecified atom stereocenters. The smallest absolute Gasteiger partial charge is 0.325 e. The van der Waals surface area contributed by atoms with Gasteiger partial charge >= 0.3 is 6.03 Å². The summed E-state index contributed by atoms with van der Waals surface area (Å²) in [5.74, 6) is 0.0350. The number of ether oxygens (including phenoxy) is 1. The fourth-order valence-electron chi connectivity index (χ4n) is 2.38. The Balaban J connectivity index is 1.64. The number of carbonyl (C=O) groups is 2. The molecule has 0 radical (unpaired) electrons. The Bertz CT molecular complexity index is 1020. The molecule has 0 fully saturated rings. The molecule has 0 aliphatic rings. The van der Waals surface area contributed by atoms with Gasteiger partial charge in [-0.15, -0.1) is 11.3 Å². The number of methoxy groups -OCH3 is 1. The summed E-state index contributed by atoms with van der Waals surface area (Å²) in [7, 11) is 1.50. The third kappa shape index (κ3) is 4.99. The predicted molar refractivity (Wildman–Crippen MR) is 112 cm³/mol. The van der Waals surface area contributed by atoms with Crippen molar-refractivity contribution in [3.8, 4) is 5.75 Å². The van der Waals surface area contributed by atoms with Crippen molar-refractivity contribution in [3.05, 3.63) is 64.1 Å². The minimum Gasteiger partial charge on any atom is -0.495 e. The largest absolute Gasteiger partial charge is 0.495 e. The molecular weight excluding hydrogens is 400 g/mol. The number of halogens is 1. The number of benzene rings is 2. The van der Waals surface area contributed by atoms with Crippen LogP contribution in [-0.4, -0.2) is 24.0 Å². The highest BCUT2D eigenvalue weighted by Gasteiger charge is 2.15. The van der Waals surface area contributed by atoms with Crippen molar-refractivity contribution >= 4 is 51.4 Å². The lowest BCUT2D eigenvalue weighted by atomic mass is 10.2. The van der Waals surface area contributed by atoms with Crippen LogP contribution in [0.5, 0.6) is 5.75 Å². The molecule has 3 amide bonds. The van der Waals surface area contributed by atoms with Crippen molar-refractivity contribution < 1.29 is 14.3 Å². The van der Waals surface area contributed by atoms with Gasteiger partial charge in [0.2, 0.25) is 0 Å². The molecule has 0 spiro atoms. The van der Waals surface area contributed by atoms with Crippen molar-refractivity contribution in [3.63, 3.8) is 0 Å². The zero-order chi connectivity index (χ0) is 20.1. The maximum absolute atomic E-state index is 12.4. The van der Waals surface area contributed by atoms with Crippen molar-refractivity contribution in [1.29, 1.82) is 0 Å². The van der Waals surface area contributed by atoms with E-state index in [1.807, 2.05) is 25.1 Å². The number of nitrogens with zero attached hydrogens (tertiary/aromatic N) is 1. The lowest BCUT2D eigenvalue weighted by molar-refractivity contribution is 0.102. The molecule has 3 rings (SSSR count). The standard InChI is InChI=1S/C19H17ClN4O3S/c1-11-4-3-5-13(8-11)21-18(26)24-19-23-15(10-28-19)17(25)22-14-9-12(20)6-7-16(14)27-2/h3-10H,1-2H3,(H,22,25)(H2,21,23,24,26). The molecule has 2 aromatic carbocycles. The predicted octanol–water partition coefficient (Wildman–Crippen LogP) is 5.01. The molecule has 144 valence electrons. The maximum Gasteiger partial charge on any atom is 0.325 e. The van der Waals surface area contributed by atoms with E-state index in [1.54, 1.807) is 29.6 Å². The molecule has 28 heavy (non-hydrogen) atoms. The highest BCUT2D eigenvalue weighted by atomic mass is 35.5. The van der Waals surface area contributed by atoms with Crippen LogP contribution in [0.4, 0.5) is 21.3 Å². The van der Waals surface area contributed by atoms with Gasteiger partial charge in [-0.05, 0) is 42.8 Å². The molecule has 1 heterocycles. The number of rotatable bonds is 5. The minimum absolute atomic E-state index is 0.165. The van der Waals surface area contributed by atoms with Crippen LogP contribution in [0.2, 0.25) is 5.02 Å². The van der Waals surface area contributed by atoms with E-state index in [0.717, 1.165) is 16.9 Å². The molecule has 0 aliphatic heterocycles. The Kier molecular flexibility index (Phi) is 6.13. The monoisotopic (exact) mass is 416 g/mol. The van der Waals surface area contributed by atoms with Gasteiger partial charge in [0, 0.05) is 16.1 Å². The van der Waals surface area contributed by atoms with E-state index in [2.05, 4.69) is 20.9 Å². The number of carbonyl (C=O) groups excluding carboxylic acids is 2. The average Bonchev–Trinajstić information content (AvgIpc) is 3.10. The number of urea groups is 1. The van der Waals surface area contributed by atoms with Crippen molar-refractivity contribution in [1.82, 2.24) is 4.98 Å². The first-order chi connectivity index (χ1) is 13.4. The van der Waals surface area contributed by atoms with E-state index in [4.69, 9.17) is 16.3 Å². The van der Waals surface area contributed by atoms with Gasteiger partial charge in [0.25, 0.3) is 5.91 Å². The van der Waals surface area contributed by atoms with Gasteiger partial charge in [0.05, 0.1) is 12.8 Å². The number of thiazole rings is 1. The Morgan fingerprint density at radius 1 is 1.11 bits per heavy atom. The van der Waals surface area contributed by atoms with Gasteiger partial charge < -0.3 is 15.4 Å². The zero-order valence-corrected chi connectivity index (χ0v) is 16.6. The third-order valence-electron chi connectivity index (χ3n) is 3.64. The van der Waals surface area contributed by atoms with Crippen LogP contribution in [0, 0.1) is 6.92 Å². The van der Waals surface area contributed by atoms with E-state index in [1.165, 1.54) is 7.11 Å². The maximum atomic E-state index is 12.4. The molecule has 0 atom stereocenters. The van der Waals surface area contributed by atoms with Crippen LogP contribution in [0.1, 0.15) is 16.1 Å². The molecule has 0 aliphatic carbocycles. The van der Waals surface area contributed by atoms with Crippen molar-refractivity contribution in [2.45, 2.75) is 6.92 Å². The van der Waals surface area contributed by atoms with Gasteiger partial charge in [-0.25, -0.2) is 9.78 Å². The molecule has 7 nitrogen and oxygen atoms in total. The van der Waals surface area contributed by atoms with Gasteiger partial charge in [-0.2, -0.15) is 0 Å². The quantitative estimate of drug-likeness (QED) is 0.545. The fraction of sp³-hybridized carbons (Fsp3) is 0.105. The molecule has 0 bridgehead atoms. The summed E-state index contributed by atoms with van der Waals surface area (Å²) in [6.45, 7) is 1.93. The zero-order valence-electron chi connectivity index (χ0n) is 15.1. The second kappa shape index (κ2) is 8.73. The van der Waals surface area contributed by atoms with Gasteiger partial charge in [-0.3, -0.25) is 10.1 Å². The highest BCUT2D eigenvalue weighted by Crippen LogP contribution is 2.28. The number of aromatic nitrogens is 1. The van der Waals surface area contributed by atoms with Crippen LogP contribution in [0.15, 0.2) is 47.8 Å². The summed E-state index contributed by atoms with van der Waals surface area (Å²) in [6.07, 6.45) is 0. The third-order valence-corrected chi connectivity index (χ3v) is 4.64. The number of aryl methyl sites for hydroxylation is 1. The topological polar surface area (TPSA) is 92.4 Å². The van der Waals surface area contributed by atoms with Gasteiger partial charge in [0.15, 0.2) is 5.13 Å². The number of amides is 3. The van der Waals surface area contributed by atoms with Crippen molar-refractivity contribution in [2.24, 2.45) is 0 Å². The van der Waals surface area contributed by atoms with E-state index < -0.39 is 11.9 Å². The van der Waals surface area contributed by atoms with E-state index >= 15 is 0 Å². The summed E-state index contributed by atoms with van der Waals surface area (Å²) in [5, 5.41) is 10.3. The van der Waals surface area contributed by atoms with E-state index in [-0.39, 0.29) is 5.69 Å². The minimum atomic E-state index is -0.441. The fourth-order valence-corrected chi connectivity index (χ4v) is 3.24. The van der Waals surface area contributed by atoms with E-state index in [0.29, 0.717) is 27.3 Å². The van der Waals surface area contributed by atoms with Gasteiger partial charge in [-0.1, -0.05) is 23.7 Å². The number of hydrogen-bond donors (Lipinski definition) is 3. The summed E-state index contributed by atoms with van der Waals surface area (Å²) in [4.78, 5) is 28.7. The lowest BCUT2D eigenvalue weighted by Crippen LogP contribution is -2.19. The number of hydrogen-bond acceptors (Lipinski definition) is 5. The van der Waals surface area contributed by atoms with Crippen LogP contribution < -0.4 is 20.7 Å². The Morgan fingerprint density at radius 3 is 2.68 bits per heavy atom. The molecule has 3 aromatic rings. The second-order valence-electron chi connectivity index (χ2n) is 5.79. The number of nitrogens with one attached hydrogen (secondary N) is 3. The molecule has 3 N–H and O–H groups in total.